The highest BCUT2D eigenvalue weighted by Gasteiger charge is 2.07. The van der Waals surface area contributed by atoms with Crippen molar-refractivity contribution >= 4 is 11.6 Å². The van der Waals surface area contributed by atoms with E-state index >= 15 is 0 Å². The van der Waals surface area contributed by atoms with Gasteiger partial charge >= 0.3 is 0 Å². The Bertz CT molecular complexity index is 239. The first kappa shape index (κ1) is 8.50. The number of halogens is 2. The summed E-state index contributed by atoms with van der Waals surface area (Å²) in [5.74, 6) is -0.0540. The molecule has 0 bridgehead atoms. The van der Waals surface area contributed by atoms with E-state index in [1.165, 1.54) is 6.07 Å². The van der Waals surface area contributed by atoms with E-state index in [0.29, 0.717) is 5.56 Å². The number of hydrogen-bond acceptors (Lipinski definition) is 1. The Labute approximate surface area is 70.0 Å². The lowest BCUT2D eigenvalue weighted by atomic mass is 10.1. The molecule has 0 unspecified atom stereocenters. The minimum atomic E-state index is -0.405. The maximum Gasteiger partial charge on any atom is 0.128 e. The van der Waals surface area contributed by atoms with E-state index < -0.39 is 6.04 Å². The molecule has 1 aromatic rings. The topological polar surface area (TPSA) is 26.0 Å². The van der Waals surface area contributed by atoms with Crippen molar-refractivity contribution < 1.29 is 4.39 Å². The summed E-state index contributed by atoms with van der Waals surface area (Å²) in [5.41, 5.74) is 6.00. The smallest absolute Gasteiger partial charge is 0.128 e. The molecule has 0 aliphatic heterocycles. The Morgan fingerprint density at radius 3 is 2.64 bits per heavy atom. The fraction of sp³-hybridized carbons (Fsp3) is 0.250. The van der Waals surface area contributed by atoms with E-state index in [0.717, 1.165) is 0 Å². The first-order chi connectivity index (χ1) is 5.25. The lowest BCUT2D eigenvalue weighted by Crippen LogP contribution is -2.13. The molecule has 0 fully saturated rings. The Balaban J connectivity index is 2.93. The molecule has 1 nitrogen and oxygen atoms in total. The first-order valence-electron chi connectivity index (χ1n) is 3.31. The van der Waals surface area contributed by atoms with Crippen molar-refractivity contribution in [3.05, 3.63) is 35.6 Å². The molecule has 0 heterocycles. The Morgan fingerprint density at radius 2 is 2.09 bits per heavy atom. The number of nitrogens with two attached hydrogens (primary N) is 1. The molecule has 0 spiro atoms. The number of hydrogen-bond donors (Lipinski definition) is 1. The number of alkyl halides is 1. The molecule has 2 N–H and O–H groups in total. The van der Waals surface area contributed by atoms with Gasteiger partial charge in [-0.2, -0.15) is 0 Å². The fourth-order valence-electron chi connectivity index (χ4n) is 0.859. The predicted molar refractivity (Wildman–Crippen MR) is 44.0 cm³/mol. The molecule has 3 heteroatoms. The van der Waals surface area contributed by atoms with Crippen LogP contribution in [0.15, 0.2) is 24.3 Å². The Hall–Kier alpha value is -0.600. The summed E-state index contributed by atoms with van der Waals surface area (Å²) in [6.45, 7) is 0. The zero-order valence-corrected chi connectivity index (χ0v) is 6.68. The molecular formula is C8H9ClFN. The van der Waals surface area contributed by atoms with E-state index in [2.05, 4.69) is 0 Å². The van der Waals surface area contributed by atoms with Crippen LogP contribution in [-0.2, 0) is 0 Å². The van der Waals surface area contributed by atoms with Crippen molar-refractivity contribution in [1.82, 2.24) is 0 Å². The van der Waals surface area contributed by atoms with Crippen LogP contribution in [0.1, 0.15) is 11.6 Å². The summed E-state index contributed by atoms with van der Waals surface area (Å²) in [4.78, 5) is 0. The van der Waals surface area contributed by atoms with Gasteiger partial charge in [-0.3, -0.25) is 0 Å². The molecule has 11 heavy (non-hydrogen) atoms. The predicted octanol–water partition coefficient (Wildman–Crippen LogP) is 2.06. The molecule has 0 radical (unpaired) electrons. The van der Waals surface area contributed by atoms with E-state index in [-0.39, 0.29) is 11.7 Å². The van der Waals surface area contributed by atoms with Gasteiger partial charge in [0, 0.05) is 17.5 Å². The molecular weight excluding hydrogens is 165 g/mol. The molecule has 0 saturated carbocycles. The van der Waals surface area contributed by atoms with Gasteiger partial charge in [0.1, 0.15) is 5.82 Å². The molecule has 0 saturated heterocycles. The third kappa shape index (κ3) is 1.91. The van der Waals surface area contributed by atoms with Crippen molar-refractivity contribution in [2.45, 2.75) is 6.04 Å². The van der Waals surface area contributed by atoms with Crippen LogP contribution < -0.4 is 5.73 Å². The van der Waals surface area contributed by atoms with Crippen molar-refractivity contribution in [3.63, 3.8) is 0 Å². The molecule has 0 aliphatic carbocycles. The SMILES string of the molecule is N[C@H](CCl)c1ccccc1F. The van der Waals surface area contributed by atoms with Crippen LogP contribution in [0, 0.1) is 5.82 Å². The summed E-state index contributed by atoms with van der Waals surface area (Å²) >= 11 is 5.47. The second kappa shape index (κ2) is 3.69. The Morgan fingerprint density at radius 1 is 1.45 bits per heavy atom. The van der Waals surface area contributed by atoms with E-state index in [9.17, 15) is 4.39 Å². The van der Waals surface area contributed by atoms with Crippen LogP contribution >= 0.6 is 11.6 Å². The molecule has 1 rings (SSSR count). The third-order valence-corrected chi connectivity index (χ3v) is 1.80. The highest BCUT2D eigenvalue weighted by Crippen LogP contribution is 2.14. The molecule has 60 valence electrons. The lowest BCUT2D eigenvalue weighted by Gasteiger charge is -2.07. The standard InChI is InChI=1S/C8H9ClFN/c9-5-8(11)6-3-1-2-4-7(6)10/h1-4,8H,5,11H2/t8-/m1/s1. The first-order valence-corrected chi connectivity index (χ1v) is 3.85. The zero-order chi connectivity index (χ0) is 8.27. The van der Waals surface area contributed by atoms with E-state index in [1.807, 2.05) is 0 Å². The second-order valence-electron chi connectivity index (χ2n) is 2.28. The van der Waals surface area contributed by atoms with Crippen LogP contribution in [0.5, 0.6) is 0 Å². The van der Waals surface area contributed by atoms with Crippen LogP contribution in [0.25, 0.3) is 0 Å². The zero-order valence-electron chi connectivity index (χ0n) is 5.93. The summed E-state index contributed by atoms with van der Waals surface area (Å²) in [7, 11) is 0. The Kier molecular flexibility index (Phi) is 2.85. The normalized spacial score (nSPS) is 13.0. The van der Waals surface area contributed by atoms with Crippen molar-refractivity contribution in [2.75, 3.05) is 5.88 Å². The molecule has 0 aliphatic rings. The number of benzene rings is 1. The van der Waals surface area contributed by atoms with Crippen LogP contribution in [0.4, 0.5) is 4.39 Å². The average molecular weight is 174 g/mol. The van der Waals surface area contributed by atoms with E-state index in [1.54, 1.807) is 18.2 Å². The maximum atomic E-state index is 12.9. The highest BCUT2D eigenvalue weighted by molar-refractivity contribution is 6.18. The van der Waals surface area contributed by atoms with Gasteiger partial charge in [0.15, 0.2) is 0 Å². The summed E-state index contributed by atoms with van der Waals surface area (Å²) in [5, 5.41) is 0. The molecule has 0 aromatic heterocycles. The summed E-state index contributed by atoms with van der Waals surface area (Å²) in [6.07, 6.45) is 0. The minimum absolute atomic E-state index is 0.237. The van der Waals surface area contributed by atoms with Gasteiger partial charge < -0.3 is 5.73 Å². The average Bonchev–Trinajstić information content (AvgIpc) is 2.04. The van der Waals surface area contributed by atoms with Gasteiger partial charge in [0.05, 0.1) is 0 Å². The van der Waals surface area contributed by atoms with Crippen LogP contribution in [0.3, 0.4) is 0 Å². The monoisotopic (exact) mass is 173 g/mol. The van der Waals surface area contributed by atoms with Gasteiger partial charge in [-0.1, -0.05) is 18.2 Å². The molecule has 1 aromatic carbocycles. The van der Waals surface area contributed by atoms with Gasteiger partial charge in [-0.15, -0.1) is 11.6 Å². The lowest BCUT2D eigenvalue weighted by molar-refractivity contribution is 0.595. The maximum absolute atomic E-state index is 12.9. The minimum Gasteiger partial charge on any atom is -0.323 e. The summed E-state index contributed by atoms with van der Waals surface area (Å²) in [6, 6.07) is 5.98. The van der Waals surface area contributed by atoms with Gasteiger partial charge in [0.2, 0.25) is 0 Å². The van der Waals surface area contributed by atoms with Crippen molar-refractivity contribution in [2.24, 2.45) is 5.73 Å². The second-order valence-corrected chi connectivity index (χ2v) is 2.59. The van der Waals surface area contributed by atoms with Gasteiger partial charge in [0.25, 0.3) is 0 Å². The van der Waals surface area contributed by atoms with E-state index in [4.69, 9.17) is 17.3 Å². The molecule has 0 amide bonds. The fourth-order valence-corrected chi connectivity index (χ4v) is 1.03. The van der Waals surface area contributed by atoms with Crippen LogP contribution in [-0.4, -0.2) is 5.88 Å². The summed E-state index contributed by atoms with van der Waals surface area (Å²) < 4.78 is 12.9. The third-order valence-electron chi connectivity index (χ3n) is 1.47. The quantitative estimate of drug-likeness (QED) is 0.681. The largest absolute Gasteiger partial charge is 0.323 e. The van der Waals surface area contributed by atoms with Gasteiger partial charge in [-0.25, -0.2) is 4.39 Å². The number of rotatable bonds is 2. The molecule has 1 atom stereocenters. The highest BCUT2D eigenvalue weighted by atomic mass is 35.5. The van der Waals surface area contributed by atoms with Gasteiger partial charge in [-0.05, 0) is 6.07 Å². The van der Waals surface area contributed by atoms with Crippen molar-refractivity contribution in [1.29, 1.82) is 0 Å². The van der Waals surface area contributed by atoms with Crippen LogP contribution in [0.2, 0.25) is 0 Å². The van der Waals surface area contributed by atoms with Crippen molar-refractivity contribution in [3.8, 4) is 0 Å².